The van der Waals surface area contributed by atoms with Crippen LogP contribution in [0.5, 0.6) is 0 Å². The Balaban J connectivity index is 0.00000161. The molecule has 0 amide bonds. The van der Waals surface area contributed by atoms with Crippen molar-refractivity contribution in [2.24, 2.45) is 5.41 Å². The summed E-state index contributed by atoms with van der Waals surface area (Å²) in [7, 11) is 0. The van der Waals surface area contributed by atoms with E-state index >= 15 is 0 Å². The first-order valence-corrected chi connectivity index (χ1v) is 8.94. The molecular formula is C16H28ClN3S. The number of nitrogens with one attached hydrogen (secondary N) is 1. The Morgan fingerprint density at radius 1 is 1.52 bits per heavy atom. The maximum Gasteiger partial charge on any atom is 0.0972 e. The Morgan fingerprint density at radius 2 is 2.38 bits per heavy atom. The molecule has 0 aromatic carbocycles. The third kappa shape index (κ3) is 4.19. The molecule has 0 saturated carbocycles. The smallest absolute Gasteiger partial charge is 0.0972 e. The van der Waals surface area contributed by atoms with Crippen LogP contribution < -0.4 is 5.32 Å². The summed E-state index contributed by atoms with van der Waals surface area (Å²) in [6, 6.07) is 0. The van der Waals surface area contributed by atoms with Crippen LogP contribution in [0.25, 0.3) is 0 Å². The topological polar surface area (TPSA) is 28.2 Å². The second kappa shape index (κ2) is 7.40. The number of hydrogen-bond donors (Lipinski definition) is 1. The molecule has 2 fully saturated rings. The molecule has 0 radical (unpaired) electrons. The van der Waals surface area contributed by atoms with Gasteiger partial charge in [0.1, 0.15) is 0 Å². The molecule has 0 spiro atoms. The zero-order chi connectivity index (χ0) is 14.0. The first-order valence-electron chi connectivity index (χ1n) is 8.06. The van der Waals surface area contributed by atoms with E-state index in [9.17, 15) is 0 Å². The molecule has 3 rings (SSSR count). The average molecular weight is 330 g/mol. The van der Waals surface area contributed by atoms with Crippen molar-refractivity contribution in [3.63, 3.8) is 0 Å². The van der Waals surface area contributed by atoms with Crippen LogP contribution in [0.1, 0.15) is 49.7 Å². The highest BCUT2D eigenvalue weighted by Crippen LogP contribution is 2.32. The quantitative estimate of drug-likeness (QED) is 0.918. The number of piperidine rings is 1. The van der Waals surface area contributed by atoms with E-state index in [1.165, 1.54) is 62.7 Å². The van der Waals surface area contributed by atoms with Crippen molar-refractivity contribution in [1.82, 2.24) is 15.2 Å². The maximum atomic E-state index is 4.82. The van der Waals surface area contributed by atoms with E-state index in [-0.39, 0.29) is 12.4 Å². The molecule has 1 aromatic heterocycles. The summed E-state index contributed by atoms with van der Waals surface area (Å²) in [5.41, 5.74) is 1.76. The highest BCUT2D eigenvalue weighted by atomic mass is 35.5. The van der Waals surface area contributed by atoms with Crippen LogP contribution in [0, 0.1) is 5.41 Å². The third-order valence-electron chi connectivity index (χ3n) is 4.85. The van der Waals surface area contributed by atoms with E-state index in [0.717, 1.165) is 6.42 Å². The summed E-state index contributed by atoms with van der Waals surface area (Å²) in [5.74, 6) is 0.673. The van der Waals surface area contributed by atoms with Gasteiger partial charge >= 0.3 is 0 Å². The molecule has 1 N–H and O–H groups in total. The molecule has 2 unspecified atom stereocenters. The van der Waals surface area contributed by atoms with Crippen LogP contribution in [0.2, 0.25) is 0 Å². The fourth-order valence-electron chi connectivity index (χ4n) is 3.62. The molecule has 1 aromatic rings. The van der Waals surface area contributed by atoms with Gasteiger partial charge in [0.2, 0.25) is 0 Å². The van der Waals surface area contributed by atoms with Crippen molar-refractivity contribution in [3.05, 3.63) is 16.1 Å². The number of likely N-dealkylation sites (tertiary alicyclic amines) is 1. The number of aromatic nitrogens is 1. The predicted molar refractivity (Wildman–Crippen MR) is 92.7 cm³/mol. The summed E-state index contributed by atoms with van der Waals surface area (Å²) >= 11 is 1.87. The first-order chi connectivity index (χ1) is 9.68. The van der Waals surface area contributed by atoms with Gasteiger partial charge in [0, 0.05) is 30.9 Å². The lowest BCUT2D eigenvalue weighted by molar-refractivity contribution is 0.141. The Kier molecular flexibility index (Phi) is 6.06. The van der Waals surface area contributed by atoms with Crippen molar-refractivity contribution in [1.29, 1.82) is 0 Å². The Hall–Kier alpha value is -0.160. The molecule has 0 aliphatic carbocycles. The normalized spacial score (nSPS) is 30.3. The molecule has 21 heavy (non-hydrogen) atoms. The number of thiazole rings is 1. The van der Waals surface area contributed by atoms with Crippen LogP contribution in [0.15, 0.2) is 5.38 Å². The molecule has 2 aliphatic heterocycles. The van der Waals surface area contributed by atoms with Crippen LogP contribution >= 0.6 is 23.7 Å². The van der Waals surface area contributed by atoms with Gasteiger partial charge in [0.05, 0.1) is 10.7 Å². The van der Waals surface area contributed by atoms with Gasteiger partial charge in [-0.3, -0.25) is 0 Å². The molecule has 2 aliphatic rings. The predicted octanol–water partition coefficient (Wildman–Crippen LogP) is 3.31. The SMILES string of the molecule is CCc1csc(C2CCCN(CC3(C)CCNC3)C2)n1.Cl. The van der Waals surface area contributed by atoms with Crippen LogP contribution in [0.3, 0.4) is 0 Å². The lowest BCUT2D eigenvalue weighted by Crippen LogP contribution is -2.42. The van der Waals surface area contributed by atoms with Gasteiger partial charge in [0.25, 0.3) is 0 Å². The number of hydrogen-bond acceptors (Lipinski definition) is 4. The highest BCUT2D eigenvalue weighted by Gasteiger charge is 2.33. The van der Waals surface area contributed by atoms with Gasteiger partial charge in [-0.15, -0.1) is 23.7 Å². The molecule has 2 atom stereocenters. The van der Waals surface area contributed by atoms with Crippen molar-refractivity contribution in [2.75, 3.05) is 32.7 Å². The highest BCUT2D eigenvalue weighted by molar-refractivity contribution is 7.09. The van der Waals surface area contributed by atoms with Crippen molar-refractivity contribution in [2.45, 2.75) is 45.4 Å². The van der Waals surface area contributed by atoms with Gasteiger partial charge in [0.15, 0.2) is 0 Å². The van der Waals surface area contributed by atoms with E-state index < -0.39 is 0 Å². The largest absolute Gasteiger partial charge is 0.316 e. The minimum absolute atomic E-state index is 0. The van der Waals surface area contributed by atoms with E-state index in [1.54, 1.807) is 0 Å². The summed E-state index contributed by atoms with van der Waals surface area (Å²) in [5, 5.41) is 7.14. The summed E-state index contributed by atoms with van der Waals surface area (Å²) < 4.78 is 0. The third-order valence-corrected chi connectivity index (χ3v) is 5.90. The second-order valence-corrected chi connectivity index (χ2v) is 7.73. The fraction of sp³-hybridized carbons (Fsp3) is 0.812. The number of halogens is 1. The first kappa shape index (κ1) is 17.2. The summed E-state index contributed by atoms with van der Waals surface area (Å²) in [4.78, 5) is 7.50. The van der Waals surface area contributed by atoms with Gasteiger partial charge in [-0.25, -0.2) is 4.98 Å². The number of aryl methyl sites for hydroxylation is 1. The zero-order valence-electron chi connectivity index (χ0n) is 13.2. The van der Waals surface area contributed by atoms with Crippen LogP contribution in [0.4, 0.5) is 0 Å². The van der Waals surface area contributed by atoms with Gasteiger partial charge in [-0.05, 0) is 44.2 Å². The van der Waals surface area contributed by atoms with E-state index in [0.29, 0.717) is 11.3 Å². The van der Waals surface area contributed by atoms with Gasteiger partial charge < -0.3 is 10.2 Å². The molecule has 0 bridgehead atoms. The van der Waals surface area contributed by atoms with E-state index in [4.69, 9.17) is 4.98 Å². The minimum Gasteiger partial charge on any atom is -0.316 e. The van der Waals surface area contributed by atoms with E-state index in [2.05, 4.69) is 29.4 Å². The van der Waals surface area contributed by atoms with Crippen LogP contribution in [-0.2, 0) is 6.42 Å². The minimum atomic E-state index is 0. The number of rotatable bonds is 4. The van der Waals surface area contributed by atoms with Crippen molar-refractivity contribution in [3.8, 4) is 0 Å². The molecule has 5 heteroatoms. The maximum absolute atomic E-state index is 4.82. The molecule has 2 saturated heterocycles. The summed E-state index contributed by atoms with van der Waals surface area (Å²) in [6.07, 6.45) is 5.04. The monoisotopic (exact) mass is 329 g/mol. The fourth-order valence-corrected chi connectivity index (χ4v) is 4.65. The van der Waals surface area contributed by atoms with Crippen LogP contribution in [-0.4, -0.2) is 42.6 Å². The Labute approximate surface area is 138 Å². The summed E-state index contributed by atoms with van der Waals surface area (Å²) in [6.45, 7) is 10.8. The molecule has 120 valence electrons. The zero-order valence-corrected chi connectivity index (χ0v) is 14.9. The standard InChI is InChI=1S/C16H27N3S.ClH/c1-3-14-10-20-15(18-14)13-5-4-8-19(9-13)12-16(2)6-7-17-11-16;/h10,13,17H,3-9,11-12H2,1-2H3;1H. The van der Waals surface area contributed by atoms with Crippen molar-refractivity contribution >= 4 is 23.7 Å². The molecule has 3 heterocycles. The Bertz CT molecular complexity index is 442. The lowest BCUT2D eigenvalue weighted by Gasteiger charge is -2.37. The van der Waals surface area contributed by atoms with Gasteiger partial charge in [-0.2, -0.15) is 0 Å². The number of nitrogens with zero attached hydrogens (tertiary/aromatic N) is 2. The molecule has 3 nitrogen and oxygen atoms in total. The Morgan fingerprint density at radius 3 is 3.05 bits per heavy atom. The molecular weight excluding hydrogens is 302 g/mol. The van der Waals surface area contributed by atoms with E-state index in [1.807, 2.05) is 11.3 Å². The average Bonchev–Trinajstić information content (AvgIpc) is 3.08. The van der Waals surface area contributed by atoms with Crippen molar-refractivity contribution < 1.29 is 0 Å². The lowest BCUT2D eigenvalue weighted by atomic mass is 9.87. The van der Waals surface area contributed by atoms with Gasteiger partial charge in [-0.1, -0.05) is 13.8 Å². The second-order valence-electron chi connectivity index (χ2n) is 6.84.